The number of nitrogens with one attached hydrogen (secondary N) is 2. The van der Waals surface area contributed by atoms with E-state index in [1.54, 1.807) is 60.7 Å². The number of hydrogen-bond acceptors (Lipinski definition) is 3. The highest BCUT2D eigenvalue weighted by atomic mass is 35.5. The Morgan fingerprint density at radius 1 is 0.971 bits per heavy atom. The van der Waals surface area contributed by atoms with Gasteiger partial charge in [0.2, 0.25) is 0 Å². The van der Waals surface area contributed by atoms with Crippen molar-refractivity contribution in [2.24, 2.45) is 0 Å². The zero-order valence-corrected chi connectivity index (χ0v) is 18.9. The van der Waals surface area contributed by atoms with E-state index in [0.29, 0.717) is 16.9 Å². The van der Waals surface area contributed by atoms with Crippen LogP contribution >= 0.6 is 23.2 Å². The highest BCUT2D eigenvalue weighted by Crippen LogP contribution is 2.30. The van der Waals surface area contributed by atoms with Crippen LogP contribution in [0.15, 0.2) is 72.8 Å². The molecule has 0 radical (unpaired) electrons. The van der Waals surface area contributed by atoms with E-state index in [1.807, 2.05) is 0 Å². The molecule has 0 saturated carbocycles. The Labute approximate surface area is 203 Å². The van der Waals surface area contributed by atoms with Crippen LogP contribution in [0.2, 0.25) is 10.0 Å². The summed E-state index contributed by atoms with van der Waals surface area (Å²) in [5.41, 5.74) is 1.84. The molecule has 0 saturated heterocycles. The first-order valence-corrected chi connectivity index (χ1v) is 10.8. The van der Waals surface area contributed by atoms with Gasteiger partial charge >= 0.3 is 12.0 Å². The highest BCUT2D eigenvalue weighted by molar-refractivity contribution is 6.44. The minimum Gasteiger partial charge on any atom is -0.481 e. The average molecular weight is 499 g/mol. The van der Waals surface area contributed by atoms with E-state index in [0.717, 1.165) is 0 Å². The number of urea groups is 1. The van der Waals surface area contributed by atoms with Crippen LogP contribution in [0.3, 0.4) is 0 Å². The van der Waals surface area contributed by atoms with Gasteiger partial charge in [-0.05, 0) is 42.0 Å². The van der Waals surface area contributed by atoms with Gasteiger partial charge in [-0.3, -0.25) is 10.1 Å². The molecule has 0 atom stereocenters. The number of benzene rings is 3. The van der Waals surface area contributed by atoms with Crippen LogP contribution in [0, 0.1) is 5.82 Å². The van der Waals surface area contributed by atoms with Crippen molar-refractivity contribution >= 4 is 46.7 Å². The lowest BCUT2D eigenvalue weighted by Gasteiger charge is -2.12. The van der Waals surface area contributed by atoms with Gasteiger partial charge in [0.1, 0.15) is 11.6 Å². The van der Waals surface area contributed by atoms with E-state index in [9.17, 15) is 14.0 Å². The van der Waals surface area contributed by atoms with Gasteiger partial charge in [0.25, 0.3) is 0 Å². The molecule has 0 bridgehead atoms. The predicted octanol–water partition coefficient (Wildman–Crippen LogP) is 6.26. The fraction of sp³-hybridized carbons (Fsp3) is 0.0417. The Morgan fingerprint density at radius 2 is 1.74 bits per heavy atom. The molecule has 0 aliphatic rings. The Balaban J connectivity index is 1.72. The van der Waals surface area contributed by atoms with Gasteiger partial charge in [0.15, 0.2) is 0 Å². The smallest absolute Gasteiger partial charge is 0.324 e. The minimum absolute atomic E-state index is 0.182. The number of carboxylic acid groups (broad SMARTS) is 1. The second kappa shape index (κ2) is 9.94. The van der Waals surface area contributed by atoms with Gasteiger partial charge in [0.05, 0.1) is 33.5 Å². The third-order valence-electron chi connectivity index (χ3n) is 4.81. The number of hydrogen-bond donors (Lipinski definition) is 3. The number of nitrogens with zero attached hydrogens (tertiary/aromatic N) is 2. The fourth-order valence-electron chi connectivity index (χ4n) is 3.31. The number of amides is 2. The summed E-state index contributed by atoms with van der Waals surface area (Å²) in [5.74, 6) is -1.24. The van der Waals surface area contributed by atoms with Crippen LogP contribution in [0.4, 0.5) is 20.7 Å². The molecule has 34 heavy (non-hydrogen) atoms. The second-order valence-electron chi connectivity index (χ2n) is 7.23. The SMILES string of the molecule is O=C(O)Cc1cccc(-n2nc(-c3ccccc3F)cc2NC(=O)Nc2cccc(Cl)c2Cl)c1. The summed E-state index contributed by atoms with van der Waals surface area (Å²) in [6.45, 7) is 0. The Hall–Kier alpha value is -3.88. The first-order valence-electron chi connectivity index (χ1n) is 10.00. The summed E-state index contributed by atoms with van der Waals surface area (Å²) in [7, 11) is 0. The molecule has 0 unspecified atom stereocenters. The van der Waals surface area contributed by atoms with Crippen molar-refractivity contribution in [3.05, 3.63) is 94.2 Å². The molecule has 4 aromatic rings. The number of carbonyl (C=O) groups is 2. The molecule has 1 aromatic heterocycles. The normalized spacial score (nSPS) is 10.7. The van der Waals surface area contributed by atoms with Crippen molar-refractivity contribution in [2.45, 2.75) is 6.42 Å². The summed E-state index contributed by atoms with van der Waals surface area (Å²) in [6, 6.07) is 18.5. The quantitative estimate of drug-likeness (QED) is 0.292. The first kappa shape index (κ1) is 23.3. The standard InChI is InChI=1S/C24H17Cl2FN4O3/c25-17-8-4-10-19(23(17)26)28-24(34)29-21-13-20(16-7-1-2-9-18(16)27)30-31(21)15-6-3-5-14(11-15)12-22(32)33/h1-11,13H,12H2,(H,32,33)(H2,28,29,34). The first-order chi connectivity index (χ1) is 16.3. The highest BCUT2D eigenvalue weighted by Gasteiger charge is 2.17. The van der Waals surface area contributed by atoms with Gasteiger partial charge in [0, 0.05) is 11.6 Å². The van der Waals surface area contributed by atoms with E-state index in [-0.39, 0.29) is 33.5 Å². The number of rotatable bonds is 6. The van der Waals surface area contributed by atoms with Crippen LogP contribution < -0.4 is 10.6 Å². The largest absolute Gasteiger partial charge is 0.481 e. The molecule has 0 aliphatic carbocycles. The number of aromatic nitrogens is 2. The van der Waals surface area contributed by atoms with Crippen LogP contribution in [-0.2, 0) is 11.2 Å². The Kier molecular flexibility index (Phi) is 6.81. The van der Waals surface area contributed by atoms with Gasteiger partial charge < -0.3 is 10.4 Å². The molecule has 7 nitrogen and oxygen atoms in total. The van der Waals surface area contributed by atoms with Crippen molar-refractivity contribution < 1.29 is 19.1 Å². The molecule has 10 heteroatoms. The van der Waals surface area contributed by atoms with Crippen molar-refractivity contribution in [3.63, 3.8) is 0 Å². The van der Waals surface area contributed by atoms with E-state index < -0.39 is 17.8 Å². The van der Waals surface area contributed by atoms with Gasteiger partial charge in [-0.15, -0.1) is 0 Å². The lowest BCUT2D eigenvalue weighted by molar-refractivity contribution is -0.136. The zero-order chi connectivity index (χ0) is 24.2. The summed E-state index contributed by atoms with van der Waals surface area (Å²) in [6.07, 6.45) is -0.189. The summed E-state index contributed by atoms with van der Waals surface area (Å²) in [4.78, 5) is 23.9. The number of anilines is 2. The van der Waals surface area contributed by atoms with Gasteiger partial charge in [-0.25, -0.2) is 13.9 Å². The van der Waals surface area contributed by atoms with Gasteiger partial charge in [-0.2, -0.15) is 5.10 Å². The van der Waals surface area contributed by atoms with E-state index >= 15 is 0 Å². The molecule has 0 spiro atoms. The Bertz CT molecular complexity index is 1390. The second-order valence-corrected chi connectivity index (χ2v) is 8.01. The maximum atomic E-state index is 14.4. The van der Waals surface area contributed by atoms with Crippen molar-refractivity contribution in [1.29, 1.82) is 0 Å². The average Bonchev–Trinajstić information content (AvgIpc) is 3.20. The number of carboxylic acids is 1. The molecule has 3 N–H and O–H groups in total. The van der Waals surface area contributed by atoms with Crippen LogP contribution in [-0.4, -0.2) is 26.9 Å². The number of aliphatic carboxylic acids is 1. The summed E-state index contributed by atoms with van der Waals surface area (Å²) in [5, 5.41) is 19.3. The fourth-order valence-corrected chi connectivity index (χ4v) is 3.66. The Morgan fingerprint density at radius 3 is 2.50 bits per heavy atom. The van der Waals surface area contributed by atoms with E-state index in [4.69, 9.17) is 28.3 Å². The van der Waals surface area contributed by atoms with Crippen molar-refractivity contribution in [3.8, 4) is 16.9 Å². The molecular weight excluding hydrogens is 482 g/mol. The number of carbonyl (C=O) groups excluding carboxylic acids is 1. The van der Waals surface area contributed by atoms with Crippen molar-refractivity contribution in [1.82, 2.24) is 9.78 Å². The maximum Gasteiger partial charge on any atom is 0.324 e. The topological polar surface area (TPSA) is 96.2 Å². The van der Waals surface area contributed by atoms with Crippen LogP contribution in [0.25, 0.3) is 16.9 Å². The third-order valence-corrected chi connectivity index (χ3v) is 5.63. The molecule has 172 valence electrons. The monoisotopic (exact) mass is 498 g/mol. The number of halogens is 3. The van der Waals surface area contributed by atoms with Gasteiger partial charge in [-0.1, -0.05) is 53.5 Å². The molecule has 0 fully saturated rings. The predicted molar refractivity (Wildman–Crippen MR) is 129 cm³/mol. The maximum absolute atomic E-state index is 14.4. The lowest BCUT2D eigenvalue weighted by atomic mass is 10.1. The third kappa shape index (κ3) is 5.19. The van der Waals surface area contributed by atoms with E-state index in [1.165, 1.54) is 16.8 Å². The molecule has 0 aliphatic heterocycles. The molecule has 4 rings (SSSR count). The summed E-state index contributed by atoms with van der Waals surface area (Å²) < 4.78 is 15.8. The summed E-state index contributed by atoms with van der Waals surface area (Å²) >= 11 is 12.2. The molecule has 3 aromatic carbocycles. The molecule has 2 amide bonds. The minimum atomic E-state index is -0.985. The molecular formula is C24H17Cl2FN4O3. The zero-order valence-electron chi connectivity index (χ0n) is 17.4. The van der Waals surface area contributed by atoms with E-state index in [2.05, 4.69) is 15.7 Å². The van der Waals surface area contributed by atoms with Crippen LogP contribution in [0.5, 0.6) is 0 Å². The molecule has 1 heterocycles. The lowest BCUT2D eigenvalue weighted by Crippen LogP contribution is -2.21. The van der Waals surface area contributed by atoms with Crippen molar-refractivity contribution in [2.75, 3.05) is 10.6 Å². The van der Waals surface area contributed by atoms with Crippen LogP contribution in [0.1, 0.15) is 5.56 Å².